The number of rotatable bonds is 4. The summed E-state index contributed by atoms with van der Waals surface area (Å²) in [7, 11) is 1.80. The first-order valence-electron chi connectivity index (χ1n) is 7.52. The zero-order valence-electron chi connectivity index (χ0n) is 13.0. The van der Waals surface area contributed by atoms with E-state index in [0.717, 1.165) is 5.56 Å². The van der Waals surface area contributed by atoms with Crippen molar-refractivity contribution in [1.29, 1.82) is 0 Å². The fraction of sp³-hybridized carbons (Fsp3) is 0.562. The van der Waals surface area contributed by atoms with E-state index in [0.29, 0.717) is 25.1 Å². The summed E-state index contributed by atoms with van der Waals surface area (Å²) >= 11 is 0. The van der Waals surface area contributed by atoms with Crippen molar-refractivity contribution in [3.8, 4) is 0 Å². The number of halogens is 4. The molecule has 0 spiro atoms. The van der Waals surface area contributed by atoms with Crippen molar-refractivity contribution in [2.45, 2.75) is 38.4 Å². The molecule has 2 atom stereocenters. The number of carbonyl (C=O) groups excluding carboxylic acids is 1. The molecule has 130 valence electrons. The van der Waals surface area contributed by atoms with Gasteiger partial charge in [-0.05, 0) is 37.9 Å². The minimum Gasteiger partial charge on any atom is -0.326 e. The van der Waals surface area contributed by atoms with E-state index in [2.05, 4.69) is 10.6 Å². The quantitative estimate of drug-likeness (QED) is 0.857. The van der Waals surface area contributed by atoms with Gasteiger partial charge in [-0.3, -0.25) is 4.79 Å². The van der Waals surface area contributed by atoms with Crippen LogP contribution in [0.15, 0.2) is 24.3 Å². The van der Waals surface area contributed by atoms with E-state index >= 15 is 0 Å². The van der Waals surface area contributed by atoms with Crippen molar-refractivity contribution in [2.75, 3.05) is 12.4 Å². The summed E-state index contributed by atoms with van der Waals surface area (Å²) in [6.45, 7) is 0.590. The van der Waals surface area contributed by atoms with Gasteiger partial charge < -0.3 is 10.6 Å². The Labute approximate surface area is 140 Å². The summed E-state index contributed by atoms with van der Waals surface area (Å²) in [5.74, 6) is -2.23. The van der Waals surface area contributed by atoms with E-state index in [9.17, 15) is 18.0 Å². The average Bonchev–Trinajstić information content (AvgIpc) is 2.49. The molecule has 7 heteroatoms. The lowest BCUT2D eigenvalue weighted by molar-refractivity contribution is -0.185. The number of benzene rings is 1. The Morgan fingerprint density at radius 1 is 1.26 bits per heavy atom. The largest absolute Gasteiger partial charge is 0.391 e. The SMILES string of the molecule is CNCc1ccccc1NC(=O)C1CCCC(C(F)(F)F)C1.Cl. The van der Waals surface area contributed by atoms with Crippen LogP contribution >= 0.6 is 12.4 Å². The van der Waals surface area contributed by atoms with Crippen LogP contribution in [0.2, 0.25) is 0 Å². The molecule has 1 aliphatic rings. The zero-order chi connectivity index (χ0) is 16.2. The maximum absolute atomic E-state index is 12.8. The summed E-state index contributed by atoms with van der Waals surface area (Å²) < 4.78 is 38.5. The molecule has 0 saturated heterocycles. The molecule has 0 aliphatic heterocycles. The smallest absolute Gasteiger partial charge is 0.326 e. The molecule has 0 heterocycles. The fourth-order valence-electron chi connectivity index (χ4n) is 2.95. The number of para-hydroxylation sites is 1. The predicted octanol–water partition coefficient (Wildman–Crippen LogP) is 4.14. The first-order valence-corrected chi connectivity index (χ1v) is 7.52. The summed E-state index contributed by atoms with van der Waals surface area (Å²) in [6.07, 6.45) is -3.22. The van der Waals surface area contributed by atoms with Crippen molar-refractivity contribution >= 4 is 24.0 Å². The summed E-state index contributed by atoms with van der Waals surface area (Å²) in [4.78, 5) is 12.3. The van der Waals surface area contributed by atoms with Crippen LogP contribution in [0.1, 0.15) is 31.2 Å². The molecular formula is C16H22ClF3N2O. The van der Waals surface area contributed by atoms with Gasteiger partial charge in [0.15, 0.2) is 0 Å². The molecule has 1 amide bonds. The van der Waals surface area contributed by atoms with Crippen molar-refractivity contribution < 1.29 is 18.0 Å². The molecular weight excluding hydrogens is 329 g/mol. The first-order chi connectivity index (χ1) is 10.4. The summed E-state index contributed by atoms with van der Waals surface area (Å²) in [6, 6.07) is 7.32. The van der Waals surface area contributed by atoms with E-state index in [4.69, 9.17) is 0 Å². The lowest BCUT2D eigenvalue weighted by Crippen LogP contribution is -2.34. The molecule has 1 fully saturated rings. The Balaban J connectivity index is 0.00000264. The van der Waals surface area contributed by atoms with Gasteiger partial charge in [0, 0.05) is 18.2 Å². The molecule has 2 rings (SSSR count). The van der Waals surface area contributed by atoms with Crippen LogP contribution in [0.3, 0.4) is 0 Å². The van der Waals surface area contributed by atoms with Crippen LogP contribution < -0.4 is 10.6 Å². The molecule has 23 heavy (non-hydrogen) atoms. The average molecular weight is 351 g/mol. The minimum absolute atomic E-state index is 0. The Morgan fingerprint density at radius 3 is 2.61 bits per heavy atom. The molecule has 1 saturated carbocycles. The Hall–Kier alpha value is -1.27. The highest BCUT2D eigenvalue weighted by atomic mass is 35.5. The van der Waals surface area contributed by atoms with Crippen molar-refractivity contribution in [2.24, 2.45) is 11.8 Å². The highest BCUT2D eigenvalue weighted by Gasteiger charge is 2.43. The van der Waals surface area contributed by atoms with Crippen LogP contribution in [0, 0.1) is 11.8 Å². The molecule has 0 bridgehead atoms. The number of hydrogen-bond acceptors (Lipinski definition) is 2. The lowest BCUT2D eigenvalue weighted by atomic mass is 9.80. The third-order valence-corrected chi connectivity index (χ3v) is 4.15. The van der Waals surface area contributed by atoms with Crippen molar-refractivity contribution in [3.05, 3.63) is 29.8 Å². The Morgan fingerprint density at radius 2 is 1.96 bits per heavy atom. The summed E-state index contributed by atoms with van der Waals surface area (Å²) in [5, 5.41) is 5.79. The molecule has 0 aromatic heterocycles. The molecule has 0 radical (unpaired) electrons. The second-order valence-corrected chi connectivity index (χ2v) is 5.78. The number of anilines is 1. The van der Waals surface area contributed by atoms with Gasteiger partial charge in [0.05, 0.1) is 5.92 Å². The minimum atomic E-state index is -4.21. The van der Waals surface area contributed by atoms with Crippen LogP contribution in [0.5, 0.6) is 0 Å². The van der Waals surface area contributed by atoms with Crippen molar-refractivity contribution in [3.63, 3.8) is 0 Å². The molecule has 2 unspecified atom stereocenters. The summed E-state index contributed by atoms with van der Waals surface area (Å²) in [5.41, 5.74) is 1.58. The van der Waals surface area contributed by atoms with Gasteiger partial charge in [0.25, 0.3) is 0 Å². The third kappa shape index (κ3) is 5.39. The number of hydrogen-bond donors (Lipinski definition) is 2. The first kappa shape index (κ1) is 19.8. The number of nitrogens with one attached hydrogen (secondary N) is 2. The van der Waals surface area contributed by atoms with Crippen LogP contribution in [0.4, 0.5) is 18.9 Å². The molecule has 2 N–H and O–H groups in total. The maximum atomic E-state index is 12.8. The molecule has 1 aromatic carbocycles. The fourth-order valence-corrected chi connectivity index (χ4v) is 2.95. The van der Waals surface area contributed by atoms with Crippen LogP contribution in [-0.4, -0.2) is 19.1 Å². The van der Waals surface area contributed by atoms with Gasteiger partial charge in [-0.2, -0.15) is 13.2 Å². The molecule has 3 nitrogen and oxygen atoms in total. The molecule has 1 aliphatic carbocycles. The van der Waals surface area contributed by atoms with Gasteiger partial charge in [0.1, 0.15) is 0 Å². The zero-order valence-corrected chi connectivity index (χ0v) is 13.8. The standard InChI is InChI=1S/C16H21F3N2O.ClH/c1-20-10-12-5-2-3-8-14(12)21-15(22)11-6-4-7-13(9-11)16(17,18)19;/h2-3,5,8,11,13,20H,4,6-7,9-10H2,1H3,(H,21,22);1H. The van der Waals surface area contributed by atoms with E-state index in [-0.39, 0.29) is 31.2 Å². The highest BCUT2D eigenvalue weighted by Crippen LogP contribution is 2.40. The normalized spacial score (nSPS) is 21.4. The van der Waals surface area contributed by atoms with Gasteiger partial charge in [0.2, 0.25) is 5.91 Å². The van der Waals surface area contributed by atoms with Crippen LogP contribution in [-0.2, 0) is 11.3 Å². The van der Waals surface area contributed by atoms with Gasteiger partial charge in [-0.1, -0.05) is 24.6 Å². The Bertz CT molecular complexity index is 522. The van der Waals surface area contributed by atoms with Crippen LogP contribution in [0.25, 0.3) is 0 Å². The maximum Gasteiger partial charge on any atom is 0.391 e. The lowest BCUT2D eigenvalue weighted by Gasteiger charge is -2.29. The topological polar surface area (TPSA) is 41.1 Å². The highest BCUT2D eigenvalue weighted by molar-refractivity contribution is 5.93. The number of alkyl halides is 3. The predicted molar refractivity (Wildman–Crippen MR) is 86.6 cm³/mol. The van der Waals surface area contributed by atoms with E-state index in [1.165, 1.54) is 0 Å². The van der Waals surface area contributed by atoms with Gasteiger partial charge in [-0.25, -0.2) is 0 Å². The number of amides is 1. The Kier molecular flexibility index (Phi) is 7.35. The second-order valence-electron chi connectivity index (χ2n) is 5.78. The van der Waals surface area contributed by atoms with E-state index in [1.807, 2.05) is 12.1 Å². The monoisotopic (exact) mass is 350 g/mol. The molecule has 1 aromatic rings. The van der Waals surface area contributed by atoms with Gasteiger partial charge >= 0.3 is 6.18 Å². The van der Waals surface area contributed by atoms with Crippen molar-refractivity contribution in [1.82, 2.24) is 5.32 Å². The second kappa shape index (κ2) is 8.55. The van der Waals surface area contributed by atoms with E-state index in [1.54, 1.807) is 19.2 Å². The third-order valence-electron chi connectivity index (χ3n) is 4.15. The number of carbonyl (C=O) groups is 1. The van der Waals surface area contributed by atoms with Gasteiger partial charge in [-0.15, -0.1) is 12.4 Å². The van der Waals surface area contributed by atoms with E-state index < -0.39 is 18.0 Å².